The molecule has 0 saturated carbocycles. The third-order valence-corrected chi connectivity index (χ3v) is 5.51. The van der Waals surface area contributed by atoms with Crippen LogP contribution >= 0.6 is 0 Å². The van der Waals surface area contributed by atoms with Crippen LogP contribution in [0.2, 0.25) is 0 Å². The number of benzene rings is 2. The molecule has 1 saturated heterocycles. The van der Waals surface area contributed by atoms with E-state index in [-0.39, 0.29) is 0 Å². The highest BCUT2D eigenvalue weighted by atomic mass is 32.2. The van der Waals surface area contributed by atoms with Crippen molar-refractivity contribution in [2.75, 3.05) is 24.2 Å². The number of anilines is 1. The van der Waals surface area contributed by atoms with Crippen LogP contribution in [0.15, 0.2) is 53.4 Å². The van der Waals surface area contributed by atoms with E-state index in [0.29, 0.717) is 19.5 Å². The van der Waals surface area contributed by atoms with Crippen molar-refractivity contribution < 1.29 is 8.60 Å². The largest absolute Gasteiger partial charge is 0.368 e. The van der Waals surface area contributed by atoms with E-state index >= 15 is 0 Å². The first-order valence-corrected chi connectivity index (χ1v) is 9.62. The van der Waals surface area contributed by atoms with Gasteiger partial charge in [0.05, 0.1) is 0 Å². The minimum atomic E-state index is -1.05. The fraction of sp³-hybridized carbons (Fsp3) is 0.263. The summed E-state index contributed by atoms with van der Waals surface area (Å²) in [5.41, 5.74) is 4.01. The summed E-state index contributed by atoms with van der Waals surface area (Å²) in [7, 11) is -1.05. The number of halogens is 1. The molecule has 1 fully saturated rings. The number of aromatic nitrogens is 1. The molecule has 4 rings (SSSR count). The van der Waals surface area contributed by atoms with E-state index in [1.807, 2.05) is 36.4 Å². The number of hydrogen-bond donors (Lipinski definition) is 1. The molecular formula is C19H19FN2OS. The second-order valence-electron chi connectivity index (χ2n) is 6.24. The minimum absolute atomic E-state index is 0.418. The smallest absolute Gasteiger partial charge is 0.119 e. The van der Waals surface area contributed by atoms with Crippen LogP contribution < -0.4 is 4.90 Å². The summed E-state index contributed by atoms with van der Waals surface area (Å²) in [6.07, 6.45) is 1.46. The van der Waals surface area contributed by atoms with Crippen LogP contribution in [-0.4, -0.2) is 34.7 Å². The normalized spacial score (nSPS) is 19.1. The molecule has 1 N–H and O–H groups in total. The maximum Gasteiger partial charge on any atom is 0.119 e. The van der Waals surface area contributed by atoms with Crippen molar-refractivity contribution in [1.29, 1.82) is 0 Å². The number of aromatic amines is 1. The number of fused-ring (bicyclic) bond motifs is 1. The Kier molecular flexibility index (Phi) is 3.88. The fourth-order valence-electron chi connectivity index (χ4n) is 3.34. The van der Waals surface area contributed by atoms with Gasteiger partial charge in [0.2, 0.25) is 0 Å². The van der Waals surface area contributed by atoms with Crippen molar-refractivity contribution in [2.24, 2.45) is 0 Å². The van der Waals surface area contributed by atoms with Gasteiger partial charge in [-0.1, -0.05) is 18.2 Å². The Balaban J connectivity index is 1.87. The first kappa shape index (κ1) is 15.4. The standard InChI is InChI=1S/C19H19FN2OS/c1-24(23)15-6-7-19(22-9-8-14(20)12-22)16(11-15)18-10-13-4-2-3-5-17(13)21-18/h2-7,10-11,14,21H,8-9,12H2,1H3. The molecule has 24 heavy (non-hydrogen) atoms. The maximum absolute atomic E-state index is 13.7. The van der Waals surface area contributed by atoms with Crippen molar-refractivity contribution in [3.05, 3.63) is 48.5 Å². The molecule has 3 aromatic rings. The number of H-pyrrole nitrogens is 1. The van der Waals surface area contributed by atoms with E-state index in [4.69, 9.17) is 0 Å². The zero-order valence-electron chi connectivity index (χ0n) is 13.5. The fourth-order valence-corrected chi connectivity index (χ4v) is 3.88. The van der Waals surface area contributed by atoms with E-state index in [2.05, 4.69) is 22.0 Å². The van der Waals surface area contributed by atoms with Gasteiger partial charge in [-0.2, -0.15) is 0 Å². The van der Waals surface area contributed by atoms with Gasteiger partial charge in [0.1, 0.15) is 6.17 Å². The lowest BCUT2D eigenvalue weighted by Crippen LogP contribution is -2.20. The third-order valence-electron chi connectivity index (χ3n) is 4.59. The maximum atomic E-state index is 13.7. The van der Waals surface area contributed by atoms with Crippen molar-refractivity contribution in [3.63, 3.8) is 0 Å². The van der Waals surface area contributed by atoms with Crippen LogP contribution in [-0.2, 0) is 10.8 Å². The number of nitrogens with zero attached hydrogens (tertiary/aromatic N) is 1. The molecule has 2 unspecified atom stereocenters. The van der Waals surface area contributed by atoms with Gasteiger partial charge in [-0.25, -0.2) is 4.39 Å². The summed E-state index contributed by atoms with van der Waals surface area (Å²) in [6.45, 7) is 1.13. The number of hydrogen-bond acceptors (Lipinski definition) is 2. The second-order valence-corrected chi connectivity index (χ2v) is 7.61. The Hall–Kier alpha value is -2.14. The Morgan fingerprint density at radius 2 is 2.04 bits per heavy atom. The molecule has 0 bridgehead atoms. The highest BCUT2D eigenvalue weighted by Crippen LogP contribution is 2.35. The van der Waals surface area contributed by atoms with Crippen LogP contribution in [0, 0.1) is 0 Å². The Bertz CT molecular complexity index is 888. The number of alkyl halides is 1. The lowest BCUT2D eigenvalue weighted by atomic mass is 10.1. The molecular weight excluding hydrogens is 323 g/mol. The molecule has 2 heterocycles. The van der Waals surface area contributed by atoms with Crippen molar-refractivity contribution in [3.8, 4) is 11.3 Å². The van der Waals surface area contributed by atoms with Crippen molar-refractivity contribution in [1.82, 2.24) is 4.98 Å². The molecule has 2 aromatic carbocycles. The highest BCUT2D eigenvalue weighted by Gasteiger charge is 2.24. The molecule has 1 aliphatic rings. The van der Waals surface area contributed by atoms with Gasteiger partial charge in [0.25, 0.3) is 0 Å². The Labute approximate surface area is 142 Å². The van der Waals surface area contributed by atoms with Crippen LogP contribution in [0.1, 0.15) is 6.42 Å². The average molecular weight is 342 g/mol. The molecule has 0 amide bonds. The second kappa shape index (κ2) is 6.06. The molecule has 5 heteroatoms. The monoisotopic (exact) mass is 342 g/mol. The molecule has 1 aliphatic heterocycles. The predicted octanol–water partition coefficient (Wildman–Crippen LogP) is 4.12. The average Bonchev–Trinajstić information content (AvgIpc) is 3.20. The Morgan fingerprint density at radius 1 is 1.21 bits per heavy atom. The number of rotatable bonds is 3. The first-order valence-electron chi connectivity index (χ1n) is 8.06. The van der Waals surface area contributed by atoms with Gasteiger partial charge < -0.3 is 9.88 Å². The van der Waals surface area contributed by atoms with E-state index < -0.39 is 17.0 Å². The van der Waals surface area contributed by atoms with Gasteiger partial charge in [-0.15, -0.1) is 0 Å². The summed E-state index contributed by atoms with van der Waals surface area (Å²) in [5.74, 6) is 0. The molecule has 124 valence electrons. The molecule has 2 atom stereocenters. The molecule has 0 radical (unpaired) electrons. The van der Waals surface area contributed by atoms with Gasteiger partial charge in [-0.05, 0) is 36.8 Å². The topological polar surface area (TPSA) is 36.1 Å². The predicted molar refractivity (Wildman–Crippen MR) is 97.8 cm³/mol. The van der Waals surface area contributed by atoms with E-state index in [0.717, 1.165) is 32.7 Å². The summed E-state index contributed by atoms with van der Waals surface area (Å²) >= 11 is 0. The van der Waals surface area contributed by atoms with E-state index in [1.165, 1.54) is 0 Å². The highest BCUT2D eigenvalue weighted by molar-refractivity contribution is 7.84. The van der Waals surface area contributed by atoms with Crippen LogP contribution in [0.4, 0.5) is 10.1 Å². The van der Waals surface area contributed by atoms with Crippen molar-refractivity contribution >= 4 is 27.4 Å². The summed E-state index contributed by atoms with van der Waals surface area (Å²) in [6, 6.07) is 16.0. The lowest BCUT2D eigenvalue weighted by molar-refractivity contribution is 0.364. The zero-order chi connectivity index (χ0) is 16.7. The summed E-state index contributed by atoms with van der Waals surface area (Å²) < 4.78 is 25.6. The van der Waals surface area contributed by atoms with Crippen LogP contribution in [0.3, 0.4) is 0 Å². The number of nitrogens with one attached hydrogen (secondary N) is 1. The van der Waals surface area contributed by atoms with Gasteiger partial charge in [-0.3, -0.25) is 4.21 Å². The molecule has 3 nitrogen and oxygen atoms in total. The van der Waals surface area contributed by atoms with Crippen LogP contribution in [0.5, 0.6) is 0 Å². The van der Waals surface area contributed by atoms with Crippen LogP contribution in [0.25, 0.3) is 22.2 Å². The van der Waals surface area contributed by atoms with Gasteiger partial charge in [0, 0.05) is 62.9 Å². The summed E-state index contributed by atoms with van der Waals surface area (Å²) in [5, 5.41) is 1.13. The minimum Gasteiger partial charge on any atom is -0.368 e. The number of para-hydroxylation sites is 1. The van der Waals surface area contributed by atoms with Crippen molar-refractivity contribution in [2.45, 2.75) is 17.5 Å². The first-order chi connectivity index (χ1) is 11.6. The molecule has 0 aliphatic carbocycles. The zero-order valence-corrected chi connectivity index (χ0v) is 14.3. The van der Waals surface area contributed by atoms with E-state index in [9.17, 15) is 8.60 Å². The third kappa shape index (κ3) is 2.73. The Morgan fingerprint density at radius 3 is 2.75 bits per heavy atom. The molecule has 0 spiro atoms. The summed E-state index contributed by atoms with van der Waals surface area (Å²) in [4.78, 5) is 6.29. The quantitative estimate of drug-likeness (QED) is 0.777. The van der Waals surface area contributed by atoms with Gasteiger partial charge in [0.15, 0.2) is 0 Å². The lowest BCUT2D eigenvalue weighted by Gasteiger charge is -2.21. The van der Waals surface area contributed by atoms with E-state index in [1.54, 1.807) is 6.26 Å². The SMILES string of the molecule is CS(=O)c1ccc(N2CCC(F)C2)c(-c2cc3ccccc3[nH]2)c1. The molecule has 1 aromatic heterocycles. The van der Waals surface area contributed by atoms with Gasteiger partial charge >= 0.3 is 0 Å².